The number of nitrogens with one attached hydrogen (secondary N) is 1. The van der Waals surface area contributed by atoms with Crippen molar-refractivity contribution in [1.82, 2.24) is 5.43 Å². The molecular weight excluding hydrogens is 416 g/mol. The Bertz CT molecular complexity index is 1020. The van der Waals surface area contributed by atoms with Gasteiger partial charge in [0, 0.05) is 10.0 Å². The Hall–Kier alpha value is -2.66. The average molecular weight is 439 g/mol. The summed E-state index contributed by atoms with van der Waals surface area (Å²) < 4.78 is 6.80. The first-order valence-corrected chi connectivity index (χ1v) is 9.97. The molecule has 0 fully saturated rings. The number of aryl methyl sites for hydroxylation is 1. The molecule has 4 nitrogen and oxygen atoms in total. The van der Waals surface area contributed by atoms with Gasteiger partial charge in [-0.25, -0.2) is 5.43 Å². The number of hydrazone groups is 1. The van der Waals surface area contributed by atoms with Gasteiger partial charge < -0.3 is 4.74 Å². The third-order valence-electron chi connectivity index (χ3n) is 4.49. The summed E-state index contributed by atoms with van der Waals surface area (Å²) in [5, 5.41) is 6.30. The number of nitrogens with zero attached hydrogens (tertiary/aromatic N) is 1. The summed E-state index contributed by atoms with van der Waals surface area (Å²) in [5.74, 6) is 0.718. The van der Waals surface area contributed by atoms with Crippen LogP contribution in [0.3, 0.4) is 0 Å². The van der Waals surface area contributed by atoms with Crippen LogP contribution in [0.15, 0.2) is 64.2 Å². The van der Waals surface area contributed by atoms with Crippen molar-refractivity contribution in [2.75, 3.05) is 6.61 Å². The van der Waals surface area contributed by atoms with Crippen LogP contribution in [0.4, 0.5) is 0 Å². The summed E-state index contributed by atoms with van der Waals surface area (Å²) in [6.45, 7) is 6.10. The molecule has 0 aromatic heterocycles. The van der Waals surface area contributed by atoms with Crippen molar-refractivity contribution in [3.8, 4) is 5.75 Å². The van der Waals surface area contributed by atoms with Gasteiger partial charge in [-0.05, 0) is 46.9 Å². The Kier molecular flexibility index (Phi) is 6.47. The second kappa shape index (κ2) is 9.02. The van der Waals surface area contributed by atoms with E-state index in [0.29, 0.717) is 5.92 Å². The summed E-state index contributed by atoms with van der Waals surface area (Å²) >= 11 is 3.55. The second-order valence-electron chi connectivity index (χ2n) is 6.94. The van der Waals surface area contributed by atoms with E-state index >= 15 is 0 Å². The predicted octanol–water partition coefficient (Wildman–Crippen LogP) is 5.56. The van der Waals surface area contributed by atoms with E-state index in [1.54, 1.807) is 6.21 Å². The Morgan fingerprint density at radius 2 is 1.93 bits per heavy atom. The average Bonchev–Trinajstić information content (AvgIpc) is 2.68. The Balaban J connectivity index is 1.64. The van der Waals surface area contributed by atoms with Crippen LogP contribution in [0.25, 0.3) is 10.8 Å². The minimum atomic E-state index is -0.299. The quantitative estimate of drug-likeness (QED) is 0.404. The van der Waals surface area contributed by atoms with Crippen molar-refractivity contribution in [2.24, 2.45) is 5.10 Å². The van der Waals surface area contributed by atoms with Crippen LogP contribution in [0.5, 0.6) is 5.75 Å². The summed E-state index contributed by atoms with van der Waals surface area (Å²) in [7, 11) is 0. The van der Waals surface area contributed by atoms with E-state index in [1.807, 2.05) is 61.5 Å². The molecule has 0 bridgehead atoms. The lowest BCUT2D eigenvalue weighted by atomic mass is 10.0. The first kappa shape index (κ1) is 20.1. The largest absolute Gasteiger partial charge is 0.483 e. The highest BCUT2D eigenvalue weighted by Crippen LogP contribution is 2.32. The van der Waals surface area contributed by atoms with Gasteiger partial charge in [0.25, 0.3) is 5.91 Å². The van der Waals surface area contributed by atoms with E-state index < -0.39 is 0 Å². The highest BCUT2D eigenvalue weighted by atomic mass is 79.9. The summed E-state index contributed by atoms with van der Waals surface area (Å²) in [4.78, 5) is 12.1. The molecule has 1 N–H and O–H groups in total. The van der Waals surface area contributed by atoms with Gasteiger partial charge in [0.05, 0.1) is 6.21 Å². The molecule has 28 heavy (non-hydrogen) atoms. The fraction of sp³-hybridized carbons (Fsp3) is 0.217. The van der Waals surface area contributed by atoms with Crippen molar-refractivity contribution in [3.63, 3.8) is 0 Å². The molecule has 0 spiro atoms. The van der Waals surface area contributed by atoms with E-state index in [1.165, 1.54) is 0 Å². The molecule has 0 unspecified atom stereocenters. The van der Waals surface area contributed by atoms with Crippen molar-refractivity contribution in [2.45, 2.75) is 26.7 Å². The molecule has 1 amide bonds. The highest BCUT2D eigenvalue weighted by Gasteiger charge is 2.12. The predicted molar refractivity (Wildman–Crippen MR) is 118 cm³/mol. The van der Waals surface area contributed by atoms with E-state index in [9.17, 15) is 4.79 Å². The maximum absolute atomic E-state index is 12.1. The number of fused-ring (bicyclic) bond motifs is 1. The number of rotatable bonds is 6. The maximum Gasteiger partial charge on any atom is 0.277 e. The van der Waals surface area contributed by atoms with Gasteiger partial charge in [0.2, 0.25) is 0 Å². The number of hydrogen-bond acceptors (Lipinski definition) is 3. The summed E-state index contributed by atoms with van der Waals surface area (Å²) in [6.07, 6.45) is 1.66. The van der Waals surface area contributed by atoms with Crippen molar-refractivity contribution < 1.29 is 9.53 Å². The Labute approximate surface area is 173 Å². The van der Waals surface area contributed by atoms with Gasteiger partial charge in [0.1, 0.15) is 5.75 Å². The standard InChI is InChI=1S/C23H23BrN2O2/c1-15(2)20-12-21(24)16(3)11-22(20)28-14-23(27)26-25-13-18-9-6-8-17-7-4-5-10-19(17)18/h4-13,15H,14H2,1-3H3,(H,26,27)/b25-13+. The zero-order valence-corrected chi connectivity index (χ0v) is 17.8. The minimum Gasteiger partial charge on any atom is -0.483 e. The van der Waals surface area contributed by atoms with E-state index in [-0.39, 0.29) is 12.5 Å². The third-order valence-corrected chi connectivity index (χ3v) is 5.34. The molecule has 144 valence electrons. The van der Waals surface area contributed by atoms with E-state index in [0.717, 1.165) is 37.7 Å². The molecule has 3 aromatic carbocycles. The molecule has 0 radical (unpaired) electrons. The molecule has 0 atom stereocenters. The first-order valence-electron chi connectivity index (χ1n) is 9.18. The topological polar surface area (TPSA) is 50.7 Å². The number of halogens is 1. The monoisotopic (exact) mass is 438 g/mol. The SMILES string of the molecule is Cc1cc(OCC(=O)N/N=C/c2cccc3ccccc23)c(C(C)C)cc1Br. The molecular formula is C23H23BrN2O2. The van der Waals surface area contributed by atoms with Gasteiger partial charge in [-0.2, -0.15) is 5.10 Å². The molecule has 3 rings (SSSR count). The van der Waals surface area contributed by atoms with Crippen LogP contribution in [0, 0.1) is 6.92 Å². The van der Waals surface area contributed by atoms with Gasteiger partial charge in [0.15, 0.2) is 6.61 Å². The van der Waals surface area contributed by atoms with E-state index in [2.05, 4.69) is 40.3 Å². The van der Waals surface area contributed by atoms with Gasteiger partial charge in [-0.15, -0.1) is 0 Å². The van der Waals surface area contributed by atoms with E-state index in [4.69, 9.17) is 4.74 Å². The minimum absolute atomic E-state index is 0.0896. The van der Waals surface area contributed by atoms with Crippen LogP contribution in [0.1, 0.15) is 36.5 Å². The lowest BCUT2D eigenvalue weighted by Crippen LogP contribution is -2.25. The summed E-state index contributed by atoms with van der Waals surface area (Å²) in [6, 6.07) is 18.0. The zero-order valence-electron chi connectivity index (χ0n) is 16.2. The first-order chi connectivity index (χ1) is 13.5. The highest BCUT2D eigenvalue weighted by molar-refractivity contribution is 9.10. The fourth-order valence-corrected chi connectivity index (χ4v) is 3.32. The van der Waals surface area contributed by atoms with Gasteiger partial charge >= 0.3 is 0 Å². The number of carbonyl (C=O) groups excluding carboxylic acids is 1. The second-order valence-corrected chi connectivity index (χ2v) is 7.80. The molecule has 0 heterocycles. The van der Waals surface area contributed by atoms with Crippen LogP contribution < -0.4 is 10.2 Å². The molecule has 0 aliphatic rings. The normalized spacial score (nSPS) is 11.3. The number of hydrogen-bond donors (Lipinski definition) is 1. The van der Waals surface area contributed by atoms with Gasteiger partial charge in [-0.1, -0.05) is 72.2 Å². The maximum atomic E-state index is 12.1. The lowest BCUT2D eigenvalue weighted by molar-refractivity contribution is -0.123. The number of ether oxygens (including phenoxy) is 1. The zero-order chi connectivity index (χ0) is 20.1. The molecule has 0 aliphatic carbocycles. The fourth-order valence-electron chi connectivity index (χ4n) is 2.96. The van der Waals surface area contributed by atoms with Crippen LogP contribution in [-0.2, 0) is 4.79 Å². The molecule has 3 aromatic rings. The molecule has 5 heteroatoms. The van der Waals surface area contributed by atoms with Crippen LogP contribution in [-0.4, -0.2) is 18.7 Å². The Morgan fingerprint density at radius 1 is 1.18 bits per heavy atom. The number of amides is 1. The summed E-state index contributed by atoms with van der Waals surface area (Å²) in [5.41, 5.74) is 5.61. The van der Waals surface area contributed by atoms with Crippen LogP contribution >= 0.6 is 15.9 Å². The number of benzene rings is 3. The molecule has 0 saturated carbocycles. The molecule has 0 aliphatic heterocycles. The van der Waals surface area contributed by atoms with Crippen molar-refractivity contribution in [1.29, 1.82) is 0 Å². The van der Waals surface area contributed by atoms with Crippen molar-refractivity contribution in [3.05, 3.63) is 75.8 Å². The Morgan fingerprint density at radius 3 is 2.71 bits per heavy atom. The van der Waals surface area contributed by atoms with Crippen molar-refractivity contribution >= 4 is 38.8 Å². The number of carbonyl (C=O) groups is 1. The smallest absolute Gasteiger partial charge is 0.277 e. The lowest BCUT2D eigenvalue weighted by Gasteiger charge is -2.15. The molecule has 0 saturated heterocycles. The third kappa shape index (κ3) is 4.78. The van der Waals surface area contributed by atoms with Gasteiger partial charge in [-0.3, -0.25) is 4.79 Å². The van der Waals surface area contributed by atoms with Crippen LogP contribution in [0.2, 0.25) is 0 Å².